The van der Waals surface area contributed by atoms with Crippen LogP contribution in [0.25, 0.3) is 0 Å². The SMILES string of the molecule is COCCN1C[C@H](C(=O)c2ccccc2)[C@H](c2cccc(F)c2C)[C@@H](C(=O)N2CCCC(O)C2)C1. The van der Waals surface area contributed by atoms with Crippen molar-refractivity contribution < 1.29 is 23.8 Å². The molecule has 7 heteroatoms. The smallest absolute Gasteiger partial charge is 0.227 e. The minimum Gasteiger partial charge on any atom is -0.391 e. The average molecular weight is 483 g/mol. The molecule has 1 unspecified atom stereocenters. The topological polar surface area (TPSA) is 70.1 Å². The van der Waals surface area contributed by atoms with Crippen LogP contribution >= 0.6 is 0 Å². The van der Waals surface area contributed by atoms with Crippen LogP contribution in [-0.4, -0.2) is 79.1 Å². The van der Waals surface area contributed by atoms with E-state index in [1.807, 2.05) is 24.3 Å². The maximum atomic E-state index is 14.7. The highest BCUT2D eigenvalue weighted by atomic mass is 19.1. The Labute approximate surface area is 206 Å². The molecule has 0 spiro atoms. The quantitative estimate of drug-likeness (QED) is 0.614. The molecule has 1 N–H and O–H groups in total. The zero-order chi connectivity index (χ0) is 24.9. The highest BCUT2D eigenvalue weighted by molar-refractivity contribution is 5.99. The van der Waals surface area contributed by atoms with Crippen LogP contribution in [0.5, 0.6) is 0 Å². The number of halogens is 1. The number of piperidine rings is 2. The molecule has 2 saturated heterocycles. The molecule has 0 aromatic heterocycles. The van der Waals surface area contributed by atoms with Gasteiger partial charge in [-0.1, -0.05) is 42.5 Å². The molecule has 2 aliphatic heterocycles. The number of carbonyl (C=O) groups excluding carboxylic acids is 2. The predicted octanol–water partition coefficient (Wildman–Crippen LogP) is 3.28. The number of aliphatic hydroxyl groups excluding tert-OH is 1. The number of hydrogen-bond acceptors (Lipinski definition) is 5. The largest absolute Gasteiger partial charge is 0.391 e. The molecule has 0 saturated carbocycles. The van der Waals surface area contributed by atoms with E-state index in [4.69, 9.17) is 4.74 Å². The lowest BCUT2D eigenvalue weighted by Gasteiger charge is -2.45. The van der Waals surface area contributed by atoms with Gasteiger partial charge in [-0.05, 0) is 37.0 Å². The van der Waals surface area contributed by atoms with Crippen LogP contribution in [0.3, 0.4) is 0 Å². The molecule has 2 aromatic rings. The zero-order valence-corrected chi connectivity index (χ0v) is 20.5. The maximum Gasteiger partial charge on any atom is 0.227 e. The summed E-state index contributed by atoms with van der Waals surface area (Å²) in [5.41, 5.74) is 1.77. The van der Waals surface area contributed by atoms with Crippen molar-refractivity contribution in [1.82, 2.24) is 9.80 Å². The molecule has 0 bridgehead atoms. The van der Waals surface area contributed by atoms with Gasteiger partial charge in [0, 0.05) is 57.2 Å². The van der Waals surface area contributed by atoms with Gasteiger partial charge >= 0.3 is 0 Å². The number of ether oxygens (including phenoxy) is 1. The average Bonchev–Trinajstić information content (AvgIpc) is 2.88. The van der Waals surface area contributed by atoms with Gasteiger partial charge in [0.15, 0.2) is 5.78 Å². The molecular weight excluding hydrogens is 447 g/mol. The summed E-state index contributed by atoms with van der Waals surface area (Å²) in [6.07, 6.45) is 0.871. The third kappa shape index (κ3) is 5.63. The van der Waals surface area contributed by atoms with Crippen molar-refractivity contribution >= 4 is 11.7 Å². The highest BCUT2D eigenvalue weighted by Gasteiger charge is 2.46. The summed E-state index contributed by atoms with van der Waals surface area (Å²) in [6, 6.07) is 14.0. The second kappa shape index (κ2) is 11.4. The van der Waals surface area contributed by atoms with Crippen LogP contribution in [0.1, 0.15) is 40.2 Å². The van der Waals surface area contributed by atoms with Gasteiger partial charge in [-0.15, -0.1) is 0 Å². The van der Waals surface area contributed by atoms with E-state index in [1.165, 1.54) is 6.07 Å². The number of β-amino-alcohol motifs (C(OH)–C–C–N with tert-alkyl or cyclic N) is 1. The number of Topliss-reactive ketones (excluding diaryl/α,β-unsaturated/α-hetero) is 1. The third-order valence-electron chi connectivity index (χ3n) is 7.48. The summed E-state index contributed by atoms with van der Waals surface area (Å²) in [4.78, 5) is 31.7. The predicted molar refractivity (Wildman–Crippen MR) is 132 cm³/mol. The van der Waals surface area contributed by atoms with Crippen LogP contribution in [0, 0.1) is 24.6 Å². The third-order valence-corrected chi connectivity index (χ3v) is 7.48. The van der Waals surface area contributed by atoms with Gasteiger partial charge in [0.25, 0.3) is 0 Å². The molecule has 2 heterocycles. The summed E-state index contributed by atoms with van der Waals surface area (Å²) in [6.45, 7) is 4.59. The first kappa shape index (κ1) is 25.5. The number of ketones is 1. The van der Waals surface area contributed by atoms with Gasteiger partial charge in [-0.2, -0.15) is 0 Å². The van der Waals surface area contributed by atoms with Crippen LogP contribution in [0.15, 0.2) is 48.5 Å². The molecule has 2 aromatic carbocycles. The molecule has 6 nitrogen and oxygen atoms in total. The minimum absolute atomic E-state index is 0.0437. The van der Waals surface area contributed by atoms with E-state index < -0.39 is 23.9 Å². The van der Waals surface area contributed by atoms with E-state index >= 15 is 0 Å². The lowest BCUT2D eigenvalue weighted by Crippen LogP contribution is -2.55. The molecule has 0 aliphatic carbocycles. The number of carbonyl (C=O) groups is 2. The first-order valence-corrected chi connectivity index (χ1v) is 12.4. The zero-order valence-electron chi connectivity index (χ0n) is 20.5. The molecule has 2 fully saturated rings. The van der Waals surface area contributed by atoms with Gasteiger partial charge in [-0.3, -0.25) is 14.5 Å². The van der Waals surface area contributed by atoms with Crippen LogP contribution in [0.4, 0.5) is 4.39 Å². The second-order valence-electron chi connectivity index (χ2n) is 9.76. The van der Waals surface area contributed by atoms with Crippen molar-refractivity contribution in [2.45, 2.75) is 31.8 Å². The van der Waals surface area contributed by atoms with Gasteiger partial charge in [0.1, 0.15) is 5.82 Å². The fourth-order valence-corrected chi connectivity index (χ4v) is 5.64. The van der Waals surface area contributed by atoms with Gasteiger partial charge in [0.05, 0.1) is 18.6 Å². The van der Waals surface area contributed by atoms with E-state index in [0.29, 0.717) is 62.4 Å². The van der Waals surface area contributed by atoms with Crippen molar-refractivity contribution in [2.24, 2.45) is 11.8 Å². The maximum absolute atomic E-state index is 14.7. The number of hydrogen-bond donors (Lipinski definition) is 1. The minimum atomic E-state index is -0.544. The fourth-order valence-electron chi connectivity index (χ4n) is 5.64. The van der Waals surface area contributed by atoms with Crippen LogP contribution in [-0.2, 0) is 9.53 Å². The number of rotatable bonds is 7. The summed E-state index contributed by atoms with van der Waals surface area (Å²) >= 11 is 0. The number of amides is 1. The van der Waals surface area contributed by atoms with Gasteiger partial charge in [0.2, 0.25) is 5.91 Å². The van der Waals surface area contributed by atoms with Crippen molar-refractivity contribution in [3.8, 4) is 0 Å². The lowest BCUT2D eigenvalue weighted by molar-refractivity contribution is -0.142. The number of methoxy groups -OCH3 is 1. The van der Waals surface area contributed by atoms with Gasteiger partial charge in [-0.25, -0.2) is 4.39 Å². The molecular formula is C28H35FN2O4. The summed E-state index contributed by atoms with van der Waals surface area (Å²) in [5.74, 6) is -1.99. The highest BCUT2D eigenvalue weighted by Crippen LogP contribution is 2.42. The van der Waals surface area contributed by atoms with Crippen molar-refractivity contribution in [1.29, 1.82) is 0 Å². The molecule has 2 aliphatic rings. The van der Waals surface area contributed by atoms with Crippen molar-refractivity contribution in [3.05, 3.63) is 71.0 Å². The van der Waals surface area contributed by atoms with Crippen molar-refractivity contribution in [2.75, 3.05) is 46.4 Å². The Bertz CT molecular complexity index is 1030. The Hall–Kier alpha value is -2.61. The second-order valence-corrected chi connectivity index (χ2v) is 9.76. The van der Waals surface area contributed by atoms with E-state index in [-0.39, 0.29) is 17.5 Å². The van der Waals surface area contributed by atoms with E-state index in [2.05, 4.69) is 4.90 Å². The molecule has 0 radical (unpaired) electrons. The first-order valence-electron chi connectivity index (χ1n) is 12.4. The molecule has 4 rings (SSSR count). The Balaban J connectivity index is 1.78. The normalized spacial score (nSPS) is 25.4. The van der Waals surface area contributed by atoms with E-state index in [1.54, 1.807) is 37.1 Å². The number of likely N-dealkylation sites (tertiary alicyclic amines) is 2. The summed E-state index contributed by atoms with van der Waals surface area (Å²) in [7, 11) is 1.63. The Morgan fingerprint density at radius 3 is 2.51 bits per heavy atom. The van der Waals surface area contributed by atoms with E-state index in [0.717, 1.165) is 6.42 Å². The molecule has 4 atom stereocenters. The number of nitrogens with zero attached hydrogens (tertiary/aromatic N) is 2. The standard InChI is InChI=1S/C28H35FN2O4/c1-19-22(11-6-12-25(19)29)26-23(27(33)20-8-4-3-5-9-20)17-30(14-15-35-2)18-24(26)28(34)31-13-7-10-21(32)16-31/h3-6,8-9,11-12,21,23-24,26,32H,7,10,13-18H2,1-2H3/t21?,23-,24-,26-/m0/s1. The Morgan fingerprint density at radius 2 is 1.80 bits per heavy atom. The van der Waals surface area contributed by atoms with E-state index in [9.17, 15) is 19.1 Å². The lowest BCUT2D eigenvalue weighted by atomic mass is 9.69. The summed E-state index contributed by atoms with van der Waals surface area (Å²) in [5, 5.41) is 10.2. The Kier molecular flexibility index (Phi) is 8.31. The van der Waals surface area contributed by atoms with Crippen LogP contribution in [0.2, 0.25) is 0 Å². The fraction of sp³-hybridized carbons (Fsp3) is 0.500. The monoisotopic (exact) mass is 482 g/mol. The first-order chi connectivity index (χ1) is 16.9. The Morgan fingerprint density at radius 1 is 1.06 bits per heavy atom. The molecule has 1 amide bonds. The molecule has 35 heavy (non-hydrogen) atoms. The van der Waals surface area contributed by atoms with Crippen molar-refractivity contribution in [3.63, 3.8) is 0 Å². The van der Waals surface area contributed by atoms with Gasteiger partial charge < -0.3 is 14.7 Å². The number of benzene rings is 2. The number of aliphatic hydroxyl groups is 1. The molecule has 188 valence electrons. The summed E-state index contributed by atoms with van der Waals surface area (Å²) < 4.78 is 20.0. The van der Waals surface area contributed by atoms with Crippen LogP contribution < -0.4 is 0 Å².